The van der Waals surface area contributed by atoms with Crippen LogP contribution >= 0.6 is 24.0 Å². The third-order valence-corrected chi connectivity index (χ3v) is 3.23. The van der Waals surface area contributed by atoms with Crippen LogP contribution in [-0.4, -0.2) is 25.7 Å². The predicted octanol–water partition coefficient (Wildman–Crippen LogP) is 2.55. The molecule has 0 aliphatic rings. The highest BCUT2D eigenvalue weighted by Crippen LogP contribution is 2.28. The van der Waals surface area contributed by atoms with Crippen LogP contribution in [0.2, 0.25) is 5.02 Å². The van der Waals surface area contributed by atoms with E-state index < -0.39 is 6.04 Å². The highest BCUT2D eigenvalue weighted by atomic mass is 35.5. The second-order valence-electron chi connectivity index (χ2n) is 4.81. The predicted molar refractivity (Wildman–Crippen MR) is 84.3 cm³/mol. The molecular weight excluding hydrogens is 299 g/mol. The van der Waals surface area contributed by atoms with Gasteiger partial charge in [0, 0.05) is 12.1 Å². The second-order valence-corrected chi connectivity index (χ2v) is 5.22. The monoisotopic (exact) mass is 320 g/mol. The molecule has 3 N–H and O–H groups in total. The summed E-state index contributed by atoms with van der Waals surface area (Å²) in [7, 11) is 1.52. The normalized spacial score (nSPS) is 13.5. The summed E-state index contributed by atoms with van der Waals surface area (Å²) in [5.41, 5.74) is 6.62. The molecule has 0 fully saturated rings. The molecule has 4 nitrogen and oxygen atoms in total. The minimum absolute atomic E-state index is 0. The molecule has 0 spiro atoms. The zero-order chi connectivity index (χ0) is 14.4. The van der Waals surface area contributed by atoms with Gasteiger partial charge in [-0.05, 0) is 17.5 Å². The van der Waals surface area contributed by atoms with Crippen LogP contribution in [0.4, 0.5) is 0 Å². The van der Waals surface area contributed by atoms with Crippen LogP contribution in [0.25, 0.3) is 0 Å². The Hall–Kier alpha value is -0.810. The number of halogens is 2. The van der Waals surface area contributed by atoms with E-state index >= 15 is 0 Å². The van der Waals surface area contributed by atoms with Crippen molar-refractivity contribution in [2.24, 2.45) is 11.7 Å². The van der Waals surface area contributed by atoms with Crippen molar-refractivity contribution >= 4 is 29.9 Å². The van der Waals surface area contributed by atoms with Gasteiger partial charge in [0.05, 0.1) is 12.6 Å². The molecular formula is C14H22Cl2N2O2. The first-order valence-corrected chi connectivity index (χ1v) is 6.64. The third kappa shape index (κ3) is 5.29. The van der Waals surface area contributed by atoms with Crippen LogP contribution in [0, 0.1) is 5.92 Å². The summed E-state index contributed by atoms with van der Waals surface area (Å²) in [5, 5.41) is 3.57. The molecule has 1 rings (SSSR count). The van der Waals surface area contributed by atoms with Crippen LogP contribution in [0.3, 0.4) is 0 Å². The van der Waals surface area contributed by atoms with E-state index in [0.29, 0.717) is 5.02 Å². The van der Waals surface area contributed by atoms with Gasteiger partial charge in [0.1, 0.15) is 6.04 Å². The lowest BCUT2D eigenvalue weighted by atomic mass is 9.95. The van der Waals surface area contributed by atoms with Crippen molar-refractivity contribution < 1.29 is 9.53 Å². The van der Waals surface area contributed by atoms with E-state index in [1.807, 2.05) is 38.1 Å². The summed E-state index contributed by atoms with van der Waals surface area (Å²) in [6.07, 6.45) is 0. The summed E-state index contributed by atoms with van der Waals surface area (Å²) in [4.78, 5) is 12.0. The third-order valence-electron chi connectivity index (χ3n) is 2.89. The Morgan fingerprint density at radius 2 is 2.00 bits per heavy atom. The minimum atomic E-state index is -0.672. The van der Waals surface area contributed by atoms with Gasteiger partial charge in [0.2, 0.25) is 5.91 Å². The van der Waals surface area contributed by atoms with Crippen molar-refractivity contribution in [2.45, 2.75) is 25.9 Å². The number of hydrogen-bond donors (Lipinski definition) is 2. The fraction of sp³-hybridized carbons (Fsp3) is 0.500. The Kier molecular flexibility index (Phi) is 8.81. The Labute approximate surface area is 131 Å². The highest BCUT2D eigenvalue weighted by Gasteiger charge is 2.23. The number of hydrogen-bond acceptors (Lipinski definition) is 3. The van der Waals surface area contributed by atoms with E-state index in [2.05, 4.69) is 5.32 Å². The van der Waals surface area contributed by atoms with Gasteiger partial charge in [-0.3, -0.25) is 4.79 Å². The van der Waals surface area contributed by atoms with Crippen LogP contribution in [0.1, 0.15) is 25.5 Å². The number of amides is 1. The number of nitrogens with one attached hydrogen (secondary N) is 1. The van der Waals surface area contributed by atoms with E-state index in [4.69, 9.17) is 22.1 Å². The Morgan fingerprint density at radius 1 is 1.40 bits per heavy atom. The molecule has 0 saturated heterocycles. The molecule has 0 aliphatic carbocycles. The molecule has 0 bridgehead atoms. The van der Waals surface area contributed by atoms with Gasteiger partial charge < -0.3 is 15.8 Å². The second kappa shape index (κ2) is 9.19. The number of rotatable bonds is 6. The summed E-state index contributed by atoms with van der Waals surface area (Å²) in [6.45, 7) is 4.24. The van der Waals surface area contributed by atoms with E-state index in [9.17, 15) is 4.79 Å². The molecule has 1 aromatic carbocycles. The molecule has 2 atom stereocenters. The van der Waals surface area contributed by atoms with Crippen LogP contribution < -0.4 is 11.1 Å². The molecule has 0 aliphatic heterocycles. The molecule has 6 heteroatoms. The van der Waals surface area contributed by atoms with Gasteiger partial charge in [-0.15, -0.1) is 12.4 Å². The zero-order valence-electron chi connectivity index (χ0n) is 11.9. The maximum atomic E-state index is 12.0. The number of carbonyl (C=O) groups excluding carboxylic acids is 1. The fourth-order valence-electron chi connectivity index (χ4n) is 1.85. The number of benzene rings is 1. The maximum Gasteiger partial charge on any atom is 0.239 e. The topological polar surface area (TPSA) is 64.3 Å². The van der Waals surface area contributed by atoms with Gasteiger partial charge >= 0.3 is 0 Å². The maximum absolute atomic E-state index is 12.0. The molecule has 0 heterocycles. The van der Waals surface area contributed by atoms with Crippen molar-refractivity contribution in [2.75, 3.05) is 13.7 Å². The van der Waals surface area contributed by atoms with Crippen molar-refractivity contribution in [1.29, 1.82) is 0 Å². The molecule has 0 aromatic heterocycles. The molecule has 1 aromatic rings. The smallest absolute Gasteiger partial charge is 0.239 e. The van der Waals surface area contributed by atoms with E-state index in [-0.39, 0.29) is 36.9 Å². The first-order valence-electron chi connectivity index (χ1n) is 6.26. The van der Waals surface area contributed by atoms with Gasteiger partial charge in [0.25, 0.3) is 0 Å². The molecule has 20 heavy (non-hydrogen) atoms. The van der Waals surface area contributed by atoms with E-state index in [0.717, 1.165) is 5.56 Å². The zero-order valence-corrected chi connectivity index (χ0v) is 13.5. The first kappa shape index (κ1) is 19.2. The molecule has 1 amide bonds. The Bertz CT molecular complexity index is 427. The van der Waals surface area contributed by atoms with Crippen molar-refractivity contribution in [3.05, 3.63) is 34.9 Å². The lowest BCUT2D eigenvalue weighted by Gasteiger charge is -2.25. The van der Waals surface area contributed by atoms with Gasteiger partial charge in [-0.2, -0.15) is 0 Å². The summed E-state index contributed by atoms with van der Waals surface area (Å²) in [6, 6.07) is 6.65. The van der Waals surface area contributed by atoms with Gasteiger partial charge in [-0.25, -0.2) is 0 Å². The summed E-state index contributed by atoms with van der Waals surface area (Å²) in [5.74, 6) is -0.0286. The average Bonchev–Trinajstić information content (AvgIpc) is 2.36. The van der Waals surface area contributed by atoms with Crippen molar-refractivity contribution in [1.82, 2.24) is 5.32 Å². The number of carbonyl (C=O) groups is 1. The molecule has 0 radical (unpaired) electrons. The number of methoxy groups -OCH3 is 1. The summed E-state index contributed by atoms with van der Waals surface area (Å²) < 4.78 is 4.88. The minimum Gasteiger partial charge on any atom is -0.383 e. The van der Waals surface area contributed by atoms with Gasteiger partial charge in [-0.1, -0.05) is 43.6 Å². The van der Waals surface area contributed by atoms with Crippen molar-refractivity contribution in [3.8, 4) is 0 Å². The van der Waals surface area contributed by atoms with Crippen molar-refractivity contribution in [3.63, 3.8) is 0 Å². The first-order chi connectivity index (χ1) is 8.97. The van der Waals surface area contributed by atoms with E-state index in [1.165, 1.54) is 7.11 Å². The van der Waals surface area contributed by atoms with Crippen LogP contribution in [0.15, 0.2) is 24.3 Å². The molecule has 0 saturated carbocycles. The SMILES string of the molecule is COCC(N)C(=O)NC(c1ccccc1Cl)C(C)C.Cl. The quantitative estimate of drug-likeness (QED) is 0.846. The lowest BCUT2D eigenvalue weighted by Crippen LogP contribution is -2.45. The van der Waals surface area contributed by atoms with Gasteiger partial charge in [0.15, 0.2) is 0 Å². The number of ether oxygens (including phenoxy) is 1. The Morgan fingerprint density at radius 3 is 2.50 bits per heavy atom. The standard InChI is InChI=1S/C14H21ClN2O2.ClH/c1-9(2)13(10-6-4-5-7-11(10)15)17-14(18)12(16)8-19-3;/h4-7,9,12-13H,8,16H2,1-3H3,(H,17,18);1H. The molecule has 114 valence electrons. The van der Waals surface area contributed by atoms with Crippen LogP contribution in [0.5, 0.6) is 0 Å². The number of nitrogens with two attached hydrogens (primary N) is 1. The molecule has 2 unspecified atom stereocenters. The average molecular weight is 321 g/mol. The Balaban J connectivity index is 0.00000361. The largest absolute Gasteiger partial charge is 0.383 e. The summed E-state index contributed by atoms with van der Waals surface area (Å²) >= 11 is 6.18. The van der Waals surface area contributed by atoms with Crippen LogP contribution in [-0.2, 0) is 9.53 Å². The fourth-order valence-corrected chi connectivity index (χ4v) is 2.10. The van der Waals surface area contributed by atoms with E-state index in [1.54, 1.807) is 0 Å². The highest BCUT2D eigenvalue weighted by molar-refractivity contribution is 6.31. The lowest BCUT2D eigenvalue weighted by molar-refractivity contribution is -0.124.